The van der Waals surface area contributed by atoms with Crippen molar-refractivity contribution in [2.45, 2.75) is 26.2 Å². The van der Waals surface area contributed by atoms with Crippen LogP contribution in [-0.2, 0) is 22.4 Å². The molecule has 0 saturated carbocycles. The zero-order chi connectivity index (χ0) is 22.4. The van der Waals surface area contributed by atoms with Crippen LogP contribution in [0.1, 0.15) is 32.1 Å². The smallest absolute Gasteiger partial charge is 0.348 e. The Morgan fingerprint density at radius 2 is 2.00 bits per heavy atom. The first kappa shape index (κ1) is 24.0. The lowest BCUT2D eigenvalue weighted by Crippen LogP contribution is -2.50. The van der Waals surface area contributed by atoms with Gasteiger partial charge < -0.3 is 4.74 Å². The Morgan fingerprint density at radius 1 is 1.19 bits per heavy atom. The van der Waals surface area contributed by atoms with Crippen LogP contribution in [0.25, 0.3) is 0 Å². The van der Waals surface area contributed by atoms with Gasteiger partial charge in [0.05, 0.1) is 7.11 Å². The number of aryl methyl sites for hydroxylation is 1. The summed E-state index contributed by atoms with van der Waals surface area (Å²) in [4.78, 5) is 38.2. The number of halogens is 1. The second-order valence-corrected chi connectivity index (χ2v) is 10.3. The molecule has 1 amide bonds. The number of ketones is 1. The molecule has 0 unspecified atom stereocenters. The predicted octanol–water partition coefficient (Wildman–Crippen LogP) is 4.74. The van der Waals surface area contributed by atoms with Crippen LogP contribution in [0.5, 0.6) is 0 Å². The van der Waals surface area contributed by atoms with Gasteiger partial charge in [0.15, 0.2) is 0 Å². The first-order chi connectivity index (χ1) is 14.9. The monoisotopic (exact) mass is 524 g/mol. The molecule has 9 heteroatoms. The molecule has 1 aromatic carbocycles. The minimum absolute atomic E-state index is 0.00547. The molecule has 31 heavy (non-hydrogen) atoms. The van der Waals surface area contributed by atoms with Crippen molar-refractivity contribution in [3.63, 3.8) is 0 Å². The molecule has 0 bridgehead atoms. The molecule has 1 aromatic heterocycles. The Kier molecular flexibility index (Phi) is 8.71. The molecule has 1 aliphatic rings. The van der Waals surface area contributed by atoms with Crippen molar-refractivity contribution < 1.29 is 19.1 Å². The van der Waals surface area contributed by atoms with Gasteiger partial charge in [-0.05, 0) is 36.2 Å². The quantitative estimate of drug-likeness (QED) is 0.441. The summed E-state index contributed by atoms with van der Waals surface area (Å²) in [6.07, 6.45) is 1.43. The molecule has 1 saturated heterocycles. The number of benzene rings is 1. The molecule has 2 heterocycles. The molecule has 2 aromatic rings. The number of methoxy groups -OCH3 is 1. The summed E-state index contributed by atoms with van der Waals surface area (Å²) in [6, 6.07) is 9.62. The lowest BCUT2D eigenvalue weighted by molar-refractivity contribution is -0.119. The van der Waals surface area contributed by atoms with E-state index in [-0.39, 0.29) is 17.0 Å². The van der Waals surface area contributed by atoms with Gasteiger partial charge in [-0.1, -0.05) is 39.8 Å². The maximum Gasteiger partial charge on any atom is 0.348 e. The second-order valence-electron chi connectivity index (χ2n) is 7.25. The van der Waals surface area contributed by atoms with Crippen molar-refractivity contribution in [3.8, 4) is 0 Å². The maximum atomic E-state index is 12.5. The Labute approximate surface area is 199 Å². The number of nitrogens with zero attached hydrogens (tertiary/aromatic N) is 2. The van der Waals surface area contributed by atoms with Crippen LogP contribution in [0.3, 0.4) is 0 Å². The van der Waals surface area contributed by atoms with Crippen molar-refractivity contribution in [3.05, 3.63) is 55.7 Å². The van der Waals surface area contributed by atoms with Crippen LogP contribution in [0.15, 0.2) is 34.8 Å². The van der Waals surface area contributed by atoms with Gasteiger partial charge in [-0.25, -0.2) is 9.80 Å². The van der Waals surface area contributed by atoms with Gasteiger partial charge in [0.1, 0.15) is 10.7 Å². The predicted molar refractivity (Wildman–Crippen MR) is 128 cm³/mol. The molecule has 0 atom stereocenters. The minimum atomic E-state index is -0.346. The highest BCUT2D eigenvalue weighted by molar-refractivity contribution is 9.10. The van der Waals surface area contributed by atoms with Crippen LogP contribution >= 0.6 is 39.0 Å². The van der Waals surface area contributed by atoms with Gasteiger partial charge in [0, 0.05) is 54.0 Å². The third-order valence-electron chi connectivity index (χ3n) is 5.03. The SMILES string of the molecule is COC(=O)c1ccc(CCN2C(=O)SCCN2CCC(=O)Cc2ccc(C)c(Br)c2)s1. The van der Waals surface area contributed by atoms with Crippen LogP contribution in [0.2, 0.25) is 0 Å². The fourth-order valence-corrected chi connectivity index (χ4v) is 5.44. The Balaban J connectivity index is 1.54. The summed E-state index contributed by atoms with van der Waals surface area (Å²) in [6.45, 7) is 3.79. The first-order valence-electron chi connectivity index (χ1n) is 10.00. The number of hydrazine groups is 1. The third-order valence-corrected chi connectivity index (χ3v) is 7.86. The van der Waals surface area contributed by atoms with Crippen LogP contribution in [0, 0.1) is 6.92 Å². The molecular formula is C22H25BrN2O4S2. The van der Waals surface area contributed by atoms with E-state index in [0.29, 0.717) is 37.2 Å². The van der Waals surface area contributed by atoms with Gasteiger partial charge in [0.2, 0.25) is 0 Å². The van der Waals surface area contributed by atoms with E-state index >= 15 is 0 Å². The molecule has 0 aliphatic carbocycles. The molecule has 166 valence electrons. The molecule has 6 nitrogen and oxygen atoms in total. The molecule has 1 aliphatic heterocycles. The highest BCUT2D eigenvalue weighted by Gasteiger charge is 2.27. The van der Waals surface area contributed by atoms with E-state index in [0.717, 1.165) is 32.8 Å². The Bertz CT molecular complexity index is 963. The number of thiophene rings is 1. The first-order valence-corrected chi connectivity index (χ1v) is 12.6. The summed E-state index contributed by atoms with van der Waals surface area (Å²) in [5.74, 6) is 0.531. The number of hydrogen-bond acceptors (Lipinski definition) is 7. The van der Waals surface area contributed by atoms with Crippen molar-refractivity contribution >= 4 is 56.0 Å². The lowest BCUT2D eigenvalue weighted by Gasteiger charge is -2.37. The van der Waals surface area contributed by atoms with Crippen molar-refractivity contribution in [2.24, 2.45) is 0 Å². The Hall–Kier alpha value is -1.68. The van der Waals surface area contributed by atoms with E-state index in [1.54, 1.807) is 11.1 Å². The van der Waals surface area contributed by atoms with Crippen LogP contribution in [-0.4, -0.2) is 59.5 Å². The van der Waals surface area contributed by atoms with Crippen molar-refractivity contribution in [1.29, 1.82) is 0 Å². The van der Waals surface area contributed by atoms with E-state index in [2.05, 4.69) is 15.9 Å². The number of carbonyl (C=O) groups excluding carboxylic acids is 3. The van der Waals surface area contributed by atoms with E-state index in [9.17, 15) is 14.4 Å². The minimum Gasteiger partial charge on any atom is -0.465 e. The molecular weight excluding hydrogens is 500 g/mol. The lowest BCUT2D eigenvalue weighted by atomic mass is 10.1. The molecule has 0 N–H and O–H groups in total. The van der Waals surface area contributed by atoms with E-state index < -0.39 is 0 Å². The van der Waals surface area contributed by atoms with Crippen molar-refractivity contribution in [1.82, 2.24) is 10.0 Å². The van der Waals surface area contributed by atoms with Gasteiger partial charge >= 0.3 is 5.97 Å². The summed E-state index contributed by atoms with van der Waals surface area (Å²) in [7, 11) is 1.36. The highest BCUT2D eigenvalue weighted by atomic mass is 79.9. The second kappa shape index (κ2) is 11.3. The average Bonchev–Trinajstić information content (AvgIpc) is 3.22. The number of carbonyl (C=O) groups is 3. The van der Waals surface area contributed by atoms with E-state index in [1.165, 1.54) is 30.2 Å². The van der Waals surface area contributed by atoms with Crippen LogP contribution < -0.4 is 0 Å². The van der Waals surface area contributed by atoms with Gasteiger partial charge in [0.25, 0.3) is 5.24 Å². The van der Waals surface area contributed by atoms with Gasteiger partial charge in [-0.15, -0.1) is 11.3 Å². The topological polar surface area (TPSA) is 66.9 Å². The largest absolute Gasteiger partial charge is 0.465 e. The van der Waals surface area contributed by atoms with Gasteiger partial charge in [-0.3, -0.25) is 14.6 Å². The number of Topliss-reactive ketones (excluding diaryl/α,β-unsaturated/α-hetero) is 1. The standard InChI is InChI=1S/C22H25BrN2O4S2/c1-15-3-4-16(14-19(15)23)13-17(26)7-9-24-11-12-30-22(28)25(24)10-8-18-5-6-20(31-18)21(27)29-2/h3-6,14H,7-13H2,1-2H3. The van der Waals surface area contributed by atoms with Crippen molar-refractivity contribution in [2.75, 3.05) is 32.5 Å². The average molecular weight is 525 g/mol. The summed E-state index contributed by atoms with van der Waals surface area (Å²) in [5.41, 5.74) is 2.13. The number of ether oxygens (including phenoxy) is 1. The molecule has 3 rings (SSSR count). The Morgan fingerprint density at radius 3 is 2.74 bits per heavy atom. The number of thioether (sulfide) groups is 1. The maximum absolute atomic E-state index is 12.5. The number of amides is 1. The zero-order valence-electron chi connectivity index (χ0n) is 17.6. The summed E-state index contributed by atoms with van der Waals surface area (Å²) in [5, 5.41) is 3.73. The van der Waals surface area contributed by atoms with E-state index in [4.69, 9.17) is 4.74 Å². The fourth-order valence-electron chi connectivity index (χ4n) is 3.27. The van der Waals surface area contributed by atoms with E-state index in [1.807, 2.05) is 36.2 Å². The van der Waals surface area contributed by atoms with Gasteiger partial charge in [-0.2, -0.15) is 0 Å². The summed E-state index contributed by atoms with van der Waals surface area (Å²) >= 11 is 6.20. The number of esters is 1. The molecule has 0 radical (unpaired) electrons. The highest BCUT2D eigenvalue weighted by Crippen LogP contribution is 2.23. The molecule has 0 spiro atoms. The zero-order valence-corrected chi connectivity index (χ0v) is 20.8. The fraction of sp³-hybridized carbons (Fsp3) is 0.409. The van der Waals surface area contributed by atoms with Crippen LogP contribution in [0.4, 0.5) is 4.79 Å². The third kappa shape index (κ3) is 6.65. The normalized spacial score (nSPS) is 14.7. The molecule has 1 fully saturated rings. The summed E-state index contributed by atoms with van der Waals surface area (Å²) < 4.78 is 5.75. The number of hydrogen-bond donors (Lipinski definition) is 0. The number of rotatable bonds is 9.